The molecule has 1 aromatic carbocycles. The molecule has 1 aliphatic heterocycles. The standard InChI is InChI=1S/C16H21ClN8O/c17-12-6-4-5-11(9-12)10-19-14-21-15(20-13(18)24-26)23-16(22-14)25-7-2-1-3-8-25/h4-6,9,26H,1-3,7-8,10H2,(H4,18,19,20,21,22,23,24). The summed E-state index contributed by atoms with van der Waals surface area (Å²) in [5.41, 5.74) is 8.28. The van der Waals surface area contributed by atoms with Gasteiger partial charge in [-0.05, 0) is 37.0 Å². The van der Waals surface area contributed by atoms with Crippen molar-refractivity contribution in [1.82, 2.24) is 20.4 Å². The van der Waals surface area contributed by atoms with Gasteiger partial charge < -0.3 is 16.0 Å². The molecule has 2 aromatic rings. The Morgan fingerprint density at radius 1 is 1.23 bits per heavy atom. The fourth-order valence-corrected chi connectivity index (χ4v) is 2.89. The highest BCUT2D eigenvalue weighted by Gasteiger charge is 2.16. The van der Waals surface area contributed by atoms with Crippen LogP contribution in [0.4, 0.5) is 17.8 Å². The minimum Gasteiger partial charge on any atom is -0.368 e. The third-order valence-electron chi connectivity index (χ3n) is 3.93. The van der Waals surface area contributed by atoms with Crippen molar-refractivity contribution >= 4 is 35.4 Å². The smallest absolute Gasteiger partial charge is 0.259 e. The molecule has 0 unspecified atom stereocenters. The van der Waals surface area contributed by atoms with E-state index in [1.807, 2.05) is 24.3 Å². The van der Waals surface area contributed by atoms with Gasteiger partial charge in [-0.3, -0.25) is 5.21 Å². The molecule has 0 radical (unpaired) electrons. The monoisotopic (exact) mass is 376 g/mol. The average Bonchev–Trinajstić information content (AvgIpc) is 2.67. The first kappa shape index (κ1) is 18.2. The van der Waals surface area contributed by atoms with Gasteiger partial charge in [0.15, 0.2) is 0 Å². The number of guanidine groups is 1. The van der Waals surface area contributed by atoms with Crippen LogP contribution in [0.3, 0.4) is 0 Å². The van der Waals surface area contributed by atoms with Gasteiger partial charge in [-0.1, -0.05) is 23.7 Å². The molecule has 26 heavy (non-hydrogen) atoms. The summed E-state index contributed by atoms with van der Waals surface area (Å²) in [7, 11) is 0. The summed E-state index contributed by atoms with van der Waals surface area (Å²) in [6.07, 6.45) is 3.39. The molecule has 0 aliphatic carbocycles. The van der Waals surface area contributed by atoms with Crippen LogP contribution in [0, 0.1) is 0 Å². The second kappa shape index (κ2) is 8.63. The Kier molecular flexibility index (Phi) is 6.03. The molecule has 1 fully saturated rings. The Morgan fingerprint density at radius 2 is 2.04 bits per heavy atom. The number of hydroxylamine groups is 1. The number of benzene rings is 1. The van der Waals surface area contributed by atoms with Crippen molar-refractivity contribution in [3.05, 3.63) is 34.9 Å². The molecule has 0 bridgehead atoms. The predicted octanol–water partition coefficient (Wildman–Crippen LogP) is 2.05. The quantitative estimate of drug-likeness (QED) is 0.355. The summed E-state index contributed by atoms with van der Waals surface area (Å²) >= 11 is 6.01. The highest BCUT2D eigenvalue weighted by molar-refractivity contribution is 6.30. The largest absolute Gasteiger partial charge is 0.368 e. The van der Waals surface area contributed by atoms with Crippen molar-refractivity contribution < 1.29 is 5.21 Å². The number of aliphatic imine (C=N–C) groups is 1. The topological polar surface area (TPSA) is 125 Å². The fourth-order valence-electron chi connectivity index (χ4n) is 2.68. The van der Waals surface area contributed by atoms with Gasteiger partial charge in [-0.25, -0.2) is 5.48 Å². The Balaban J connectivity index is 1.83. The lowest BCUT2D eigenvalue weighted by Crippen LogP contribution is -2.31. The SMILES string of the molecule is N/C(=N\c1nc(NCc2cccc(Cl)c2)nc(N2CCCCC2)n1)NO. The van der Waals surface area contributed by atoms with Gasteiger partial charge >= 0.3 is 0 Å². The number of anilines is 2. The molecule has 1 saturated heterocycles. The zero-order valence-corrected chi connectivity index (χ0v) is 14.9. The summed E-state index contributed by atoms with van der Waals surface area (Å²) in [6.45, 7) is 2.27. The van der Waals surface area contributed by atoms with E-state index in [-0.39, 0.29) is 11.9 Å². The minimum absolute atomic E-state index is 0.119. The highest BCUT2D eigenvalue weighted by atomic mass is 35.5. The van der Waals surface area contributed by atoms with Gasteiger partial charge in [0, 0.05) is 24.7 Å². The average molecular weight is 377 g/mol. The maximum atomic E-state index is 8.85. The van der Waals surface area contributed by atoms with Crippen molar-refractivity contribution in [1.29, 1.82) is 0 Å². The van der Waals surface area contributed by atoms with Crippen LogP contribution in [0.1, 0.15) is 24.8 Å². The summed E-state index contributed by atoms with van der Waals surface area (Å²) in [4.78, 5) is 19.1. The molecule has 0 saturated carbocycles. The van der Waals surface area contributed by atoms with E-state index in [4.69, 9.17) is 22.5 Å². The zero-order chi connectivity index (χ0) is 18.4. The second-order valence-corrected chi connectivity index (χ2v) is 6.34. The fraction of sp³-hybridized carbons (Fsp3) is 0.375. The number of hydrogen-bond acceptors (Lipinski definition) is 7. The molecule has 138 valence electrons. The number of nitrogens with two attached hydrogens (primary N) is 1. The van der Waals surface area contributed by atoms with Crippen LogP contribution in [0.15, 0.2) is 29.3 Å². The maximum absolute atomic E-state index is 8.85. The lowest BCUT2D eigenvalue weighted by Gasteiger charge is -2.26. The van der Waals surface area contributed by atoms with Crippen LogP contribution in [-0.4, -0.2) is 39.2 Å². The van der Waals surface area contributed by atoms with Gasteiger partial charge in [-0.15, -0.1) is 0 Å². The first-order valence-electron chi connectivity index (χ1n) is 8.37. The van der Waals surface area contributed by atoms with Crippen LogP contribution in [-0.2, 0) is 6.54 Å². The van der Waals surface area contributed by atoms with E-state index in [0.717, 1.165) is 31.5 Å². The molecule has 1 aliphatic rings. The van der Waals surface area contributed by atoms with E-state index >= 15 is 0 Å². The Hall–Kier alpha value is -2.65. The van der Waals surface area contributed by atoms with Crippen molar-refractivity contribution in [2.75, 3.05) is 23.3 Å². The lowest BCUT2D eigenvalue weighted by molar-refractivity contribution is 0.233. The number of hydrogen-bond donors (Lipinski definition) is 4. The summed E-state index contributed by atoms with van der Waals surface area (Å²) < 4.78 is 0. The highest BCUT2D eigenvalue weighted by Crippen LogP contribution is 2.20. The van der Waals surface area contributed by atoms with E-state index < -0.39 is 0 Å². The van der Waals surface area contributed by atoms with Gasteiger partial charge in [0.25, 0.3) is 5.95 Å². The van der Waals surface area contributed by atoms with E-state index in [9.17, 15) is 0 Å². The molecular weight excluding hydrogens is 356 g/mol. The van der Waals surface area contributed by atoms with Crippen LogP contribution < -0.4 is 21.4 Å². The number of halogens is 1. The summed E-state index contributed by atoms with van der Waals surface area (Å²) in [5, 5.41) is 12.7. The summed E-state index contributed by atoms with van der Waals surface area (Å²) in [5.74, 6) is 0.845. The molecule has 0 spiro atoms. The van der Waals surface area contributed by atoms with Crippen LogP contribution >= 0.6 is 11.6 Å². The second-order valence-electron chi connectivity index (χ2n) is 5.90. The van der Waals surface area contributed by atoms with Gasteiger partial charge in [0.05, 0.1) is 0 Å². The van der Waals surface area contributed by atoms with Crippen molar-refractivity contribution in [2.24, 2.45) is 10.7 Å². The number of nitrogens with one attached hydrogen (secondary N) is 2. The first-order chi connectivity index (χ1) is 12.6. The van der Waals surface area contributed by atoms with Crippen LogP contribution in [0.25, 0.3) is 0 Å². The number of nitrogens with zero attached hydrogens (tertiary/aromatic N) is 5. The lowest BCUT2D eigenvalue weighted by atomic mass is 10.1. The van der Waals surface area contributed by atoms with Gasteiger partial charge in [-0.2, -0.15) is 19.9 Å². The minimum atomic E-state index is -0.193. The molecule has 9 nitrogen and oxygen atoms in total. The molecular formula is C16H21ClN8O. The predicted molar refractivity (Wildman–Crippen MR) is 101 cm³/mol. The third kappa shape index (κ3) is 4.93. The van der Waals surface area contributed by atoms with E-state index in [1.54, 1.807) is 5.48 Å². The van der Waals surface area contributed by atoms with E-state index in [1.165, 1.54) is 6.42 Å². The Bertz CT molecular complexity index is 779. The zero-order valence-electron chi connectivity index (χ0n) is 14.2. The number of piperidine rings is 1. The maximum Gasteiger partial charge on any atom is 0.259 e. The van der Waals surface area contributed by atoms with Crippen molar-refractivity contribution in [3.8, 4) is 0 Å². The van der Waals surface area contributed by atoms with Crippen molar-refractivity contribution in [3.63, 3.8) is 0 Å². The van der Waals surface area contributed by atoms with Crippen LogP contribution in [0.2, 0.25) is 5.02 Å². The van der Waals surface area contributed by atoms with Crippen LogP contribution in [0.5, 0.6) is 0 Å². The Labute approximate surface area is 156 Å². The molecule has 0 amide bonds. The molecule has 3 rings (SSSR count). The van der Waals surface area contributed by atoms with Crippen molar-refractivity contribution in [2.45, 2.75) is 25.8 Å². The Morgan fingerprint density at radius 3 is 2.77 bits per heavy atom. The molecule has 5 N–H and O–H groups in total. The third-order valence-corrected chi connectivity index (χ3v) is 4.16. The number of aromatic nitrogens is 3. The molecule has 1 aromatic heterocycles. The molecule has 0 atom stereocenters. The first-order valence-corrected chi connectivity index (χ1v) is 8.75. The molecule has 10 heteroatoms. The number of rotatable bonds is 5. The van der Waals surface area contributed by atoms with E-state index in [0.29, 0.717) is 23.5 Å². The van der Waals surface area contributed by atoms with Gasteiger partial charge in [0.1, 0.15) is 0 Å². The van der Waals surface area contributed by atoms with Gasteiger partial charge in [0.2, 0.25) is 17.9 Å². The molecule has 2 heterocycles. The normalized spacial score (nSPS) is 15.0. The van der Waals surface area contributed by atoms with E-state index in [2.05, 4.69) is 30.2 Å². The summed E-state index contributed by atoms with van der Waals surface area (Å²) in [6, 6.07) is 7.53.